The molecule has 1 heterocycles. The molecule has 1 aromatic carbocycles. The summed E-state index contributed by atoms with van der Waals surface area (Å²) in [5, 5.41) is 15.8. The highest BCUT2D eigenvalue weighted by atomic mass is 32.2. The van der Waals surface area contributed by atoms with Crippen molar-refractivity contribution in [1.82, 2.24) is 26.0 Å². The van der Waals surface area contributed by atoms with Crippen molar-refractivity contribution >= 4 is 40.4 Å². The summed E-state index contributed by atoms with van der Waals surface area (Å²) >= 11 is 1.76. The van der Waals surface area contributed by atoms with Gasteiger partial charge in [0.15, 0.2) is 0 Å². The number of carbonyl (C=O) groups is 3. The van der Waals surface area contributed by atoms with Crippen LogP contribution in [0.5, 0.6) is 0 Å². The highest BCUT2D eigenvalue weighted by Crippen LogP contribution is 2.20. The average molecular weight is 506 g/mol. The molecule has 194 valence electrons. The van der Waals surface area contributed by atoms with Gasteiger partial charge in [-0.15, -0.1) is 0 Å². The van der Waals surface area contributed by atoms with Gasteiger partial charge in [-0.1, -0.05) is 32.0 Å². The maximum atomic E-state index is 13.1. The van der Waals surface area contributed by atoms with Crippen LogP contribution in [0.4, 0.5) is 0 Å². The molecule has 0 saturated heterocycles. The van der Waals surface area contributed by atoms with Crippen LogP contribution in [0.1, 0.15) is 32.3 Å². The Morgan fingerprint density at radius 1 is 1.11 bits per heavy atom. The molecular formula is C25H39N5O4S. The van der Waals surface area contributed by atoms with Gasteiger partial charge in [-0.2, -0.15) is 11.8 Å². The zero-order valence-electron chi connectivity index (χ0n) is 21.1. The van der Waals surface area contributed by atoms with Crippen LogP contribution in [0.2, 0.25) is 0 Å². The van der Waals surface area contributed by atoms with Crippen LogP contribution in [0, 0.1) is 11.8 Å². The van der Waals surface area contributed by atoms with Gasteiger partial charge in [-0.3, -0.25) is 19.6 Å². The fourth-order valence-electron chi connectivity index (χ4n) is 3.86. The number of hydroxylamine groups is 1. The Kier molecular flexibility index (Phi) is 12.1. The summed E-state index contributed by atoms with van der Waals surface area (Å²) in [7, 11) is 4.05. The van der Waals surface area contributed by atoms with E-state index in [9.17, 15) is 14.4 Å². The number of thioether (sulfide) groups is 1. The largest absolute Gasteiger partial charge is 0.361 e. The number of nitrogens with one attached hydrogen (secondary N) is 4. The van der Waals surface area contributed by atoms with Crippen molar-refractivity contribution < 1.29 is 19.6 Å². The van der Waals surface area contributed by atoms with Crippen molar-refractivity contribution in [3.63, 3.8) is 0 Å². The first-order valence-corrected chi connectivity index (χ1v) is 13.1. The van der Waals surface area contributed by atoms with Crippen LogP contribution in [-0.4, -0.2) is 77.5 Å². The molecule has 0 radical (unpaired) electrons. The van der Waals surface area contributed by atoms with Crippen molar-refractivity contribution in [1.29, 1.82) is 0 Å². The fourth-order valence-corrected chi connectivity index (χ4v) is 4.80. The summed E-state index contributed by atoms with van der Waals surface area (Å²) in [6.07, 6.45) is 2.49. The molecular weight excluding hydrogens is 466 g/mol. The summed E-state index contributed by atoms with van der Waals surface area (Å²) in [5.41, 5.74) is 3.49. The summed E-state index contributed by atoms with van der Waals surface area (Å²) in [5.74, 6) is 0.00854. The van der Waals surface area contributed by atoms with E-state index in [1.165, 1.54) is 0 Å². The van der Waals surface area contributed by atoms with Gasteiger partial charge in [0.2, 0.25) is 17.7 Å². The molecule has 0 bridgehead atoms. The van der Waals surface area contributed by atoms with Crippen LogP contribution in [0.25, 0.3) is 10.9 Å². The molecule has 5 N–H and O–H groups in total. The van der Waals surface area contributed by atoms with E-state index in [-0.39, 0.29) is 24.2 Å². The SMILES string of the molecule is CC(C)C[C@H](CC(=O)NO)C(=O)N[C@@H](Cc1c[nH]c2ccccc12)C(=O)NCCSCCN(C)C. The number of nitrogens with zero attached hydrogens (tertiary/aromatic N) is 1. The summed E-state index contributed by atoms with van der Waals surface area (Å²) in [4.78, 5) is 43.4. The third-order valence-corrected chi connectivity index (χ3v) is 6.61. The zero-order chi connectivity index (χ0) is 25.8. The second-order valence-electron chi connectivity index (χ2n) is 9.40. The molecule has 9 nitrogen and oxygen atoms in total. The number of benzene rings is 1. The first-order valence-electron chi connectivity index (χ1n) is 12.0. The lowest BCUT2D eigenvalue weighted by molar-refractivity contribution is -0.136. The van der Waals surface area contributed by atoms with E-state index in [4.69, 9.17) is 5.21 Å². The normalized spacial score (nSPS) is 13.1. The van der Waals surface area contributed by atoms with Crippen molar-refractivity contribution in [3.05, 3.63) is 36.0 Å². The Bertz CT molecular complexity index is 962. The van der Waals surface area contributed by atoms with Gasteiger partial charge in [0.1, 0.15) is 6.04 Å². The number of hydrogen-bond acceptors (Lipinski definition) is 6. The topological polar surface area (TPSA) is 127 Å². The van der Waals surface area contributed by atoms with E-state index in [0.29, 0.717) is 19.4 Å². The van der Waals surface area contributed by atoms with Crippen LogP contribution < -0.4 is 16.1 Å². The van der Waals surface area contributed by atoms with E-state index in [1.807, 2.05) is 58.4 Å². The first kappa shape index (κ1) is 28.7. The summed E-state index contributed by atoms with van der Waals surface area (Å²) < 4.78 is 0. The monoisotopic (exact) mass is 505 g/mol. The van der Waals surface area contributed by atoms with Gasteiger partial charge in [0.25, 0.3) is 0 Å². The lowest BCUT2D eigenvalue weighted by atomic mass is 9.92. The van der Waals surface area contributed by atoms with Gasteiger partial charge in [0, 0.05) is 60.5 Å². The van der Waals surface area contributed by atoms with E-state index in [1.54, 1.807) is 17.2 Å². The van der Waals surface area contributed by atoms with Gasteiger partial charge < -0.3 is 20.5 Å². The van der Waals surface area contributed by atoms with Crippen molar-refractivity contribution in [2.75, 3.05) is 38.7 Å². The second kappa shape index (κ2) is 14.8. The molecule has 35 heavy (non-hydrogen) atoms. The Morgan fingerprint density at radius 3 is 2.54 bits per heavy atom. The number of hydrogen-bond donors (Lipinski definition) is 5. The van der Waals surface area contributed by atoms with Crippen LogP contribution in [0.3, 0.4) is 0 Å². The molecule has 0 unspecified atom stereocenters. The second-order valence-corrected chi connectivity index (χ2v) is 10.6. The standard InChI is InChI=1S/C25H39N5O4S/c1-17(2)13-18(15-23(31)29-34)24(32)28-22(25(33)26-9-11-35-12-10-30(3)4)14-19-16-27-21-8-6-5-7-20(19)21/h5-8,16-18,22,27,34H,9-15H2,1-4H3,(H,26,33)(H,28,32)(H,29,31)/t18-,22+/m1/s1. The number of fused-ring (bicyclic) bond motifs is 1. The van der Waals surface area contributed by atoms with Gasteiger partial charge in [-0.25, -0.2) is 5.48 Å². The molecule has 1 aromatic heterocycles. The predicted molar refractivity (Wildman–Crippen MR) is 140 cm³/mol. The molecule has 0 aliphatic heterocycles. The van der Waals surface area contributed by atoms with Gasteiger partial charge in [0.05, 0.1) is 0 Å². The number of aromatic nitrogens is 1. The zero-order valence-corrected chi connectivity index (χ0v) is 21.9. The number of para-hydroxylation sites is 1. The molecule has 0 aliphatic rings. The van der Waals surface area contributed by atoms with E-state index < -0.39 is 17.9 Å². The Morgan fingerprint density at radius 2 is 1.86 bits per heavy atom. The van der Waals surface area contributed by atoms with E-state index in [0.717, 1.165) is 34.5 Å². The lowest BCUT2D eigenvalue weighted by Crippen LogP contribution is -2.50. The molecule has 0 saturated carbocycles. The van der Waals surface area contributed by atoms with Crippen molar-refractivity contribution in [2.45, 2.75) is 39.2 Å². The summed E-state index contributed by atoms with van der Waals surface area (Å²) in [6, 6.07) is 7.02. The molecule has 0 spiro atoms. The van der Waals surface area contributed by atoms with Gasteiger partial charge in [-0.05, 0) is 38.1 Å². The minimum absolute atomic E-state index is 0.148. The van der Waals surface area contributed by atoms with Crippen LogP contribution in [0.15, 0.2) is 30.5 Å². The molecule has 2 aromatic rings. The number of rotatable bonds is 15. The highest BCUT2D eigenvalue weighted by Gasteiger charge is 2.28. The Hall–Kier alpha value is -2.56. The maximum Gasteiger partial charge on any atom is 0.244 e. The minimum atomic E-state index is -0.791. The fraction of sp³-hybridized carbons (Fsp3) is 0.560. The quantitative estimate of drug-likeness (QED) is 0.143. The number of carbonyl (C=O) groups excluding carboxylic acids is 3. The van der Waals surface area contributed by atoms with Gasteiger partial charge >= 0.3 is 0 Å². The Balaban J connectivity index is 2.11. The molecule has 10 heteroatoms. The smallest absolute Gasteiger partial charge is 0.244 e. The molecule has 0 fully saturated rings. The number of aromatic amines is 1. The van der Waals surface area contributed by atoms with Crippen LogP contribution in [-0.2, 0) is 20.8 Å². The van der Waals surface area contributed by atoms with Crippen molar-refractivity contribution in [2.24, 2.45) is 11.8 Å². The molecule has 0 aliphatic carbocycles. The average Bonchev–Trinajstić information content (AvgIpc) is 3.22. The minimum Gasteiger partial charge on any atom is -0.361 e. The van der Waals surface area contributed by atoms with Crippen molar-refractivity contribution in [3.8, 4) is 0 Å². The lowest BCUT2D eigenvalue weighted by Gasteiger charge is -2.23. The highest BCUT2D eigenvalue weighted by molar-refractivity contribution is 7.99. The third kappa shape index (κ3) is 9.91. The third-order valence-electron chi connectivity index (χ3n) is 5.64. The Labute approximate surface area is 211 Å². The van der Waals surface area contributed by atoms with E-state index >= 15 is 0 Å². The first-order chi connectivity index (χ1) is 16.7. The molecule has 3 amide bonds. The number of H-pyrrole nitrogens is 1. The molecule has 2 atom stereocenters. The van der Waals surface area contributed by atoms with E-state index in [2.05, 4.69) is 20.5 Å². The predicted octanol–water partition coefficient (Wildman–Crippen LogP) is 2.16. The van der Waals surface area contributed by atoms with Crippen LogP contribution >= 0.6 is 11.8 Å². The summed E-state index contributed by atoms with van der Waals surface area (Å²) in [6.45, 7) is 5.39. The molecule has 2 rings (SSSR count). The maximum absolute atomic E-state index is 13.1. The number of amides is 3.